The maximum absolute atomic E-state index is 5.83. The highest BCUT2D eigenvalue weighted by Gasteiger charge is 2.25. The van der Waals surface area contributed by atoms with Crippen LogP contribution in [0.15, 0.2) is 23.1 Å². The molecule has 0 amide bonds. The third-order valence-electron chi connectivity index (χ3n) is 2.67. The third kappa shape index (κ3) is 2.29. The Morgan fingerprint density at radius 2 is 2.40 bits per heavy atom. The largest absolute Gasteiger partial charge is 0.496 e. The maximum Gasteiger partial charge on any atom is 0.123 e. The van der Waals surface area contributed by atoms with Gasteiger partial charge in [0.2, 0.25) is 0 Å². The molecule has 1 aliphatic rings. The first kappa shape index (κ1) is 10.8. The molecule has 0 saturated carbocycles. The van der Waals surface area contributed by atoms with Crippen LogP contribution < -0.4 is 10.5 Å². The van der Waals surface area contributed by atoms with Crippen molar-refractivity contribution in [2.75, 3.05) is 7.11 Å². The summed E-state index contributed by atoms with van der Waals surface area (Å²) in [4.78, 5) is 1.36. The van der Waals surface area contributed by atoms with E-state index in [4.69, 9.17) is 10.5 Å². The van der Waals surface area contributed by atoms with Crippen molar-refractivity contribution in [3.63, 3.8) is 0 Å². The summed E-state index contributed by atoms with van der Waals surface area (Å²) < 4.78 is 5.37. The van der Waals surface area contributed by atoms with Crippen LogP contribution in [0, 0.1) is 0 Å². The van der Waals surface area contributed by atoms with Crippen molar-refractivity contribution in [2.24, 2.45) is 5.73 Å². The molecule has 0 aromatic heterocycles. The Balaban J connectivity index is 2.16. The van der Waals surface area contributed by atoms with Crippen molar-refractivity contribution < 1.29 is 4.74 Å². The first-order valence-electron chi connectivity index (χ1n) is 5.29. The SMILES string of the molecule is COc1cccc2c1CC(CC(C)N)S2. The quantitative estimate of drug-likeness (QED) is 0.855. The zero-order valence-electron chi connectivity index (χ0n) is 9.19. The van der Waals surface area contributed by atoms with Crippen molar-refractivity contribution in [3.05, 3.63) is 23.8 Å². The number of hydrogen-bond donors (Lipinski definition) is 1. The molecule has 2 rings (SSSR count). The zero-order valence-corrected chi connectivity index (χ0v) is 10.0. The summed E-state index contributed by atoms with van der Waals surface area (Å²) in [6.07, 6.45) is 2.16. The second-order valence-electron chi connectivity index (χ2n) is 4.09. The highest BCUT2D eigenvalue weighted by Crippen LogP contribution is 2.42. The van der Waals surface area contributed by atoms with Crippen LogP contribution >= 0.6 is 11.8 Å². The summed E-state index contributed by atoms with van der Waals surface area (Å²) >= 11 is 1.93. The summed E-state index contributed by atoms with van der Waals surface area (Å²) in [5, 5.41) is 0.622. The number of methoxy groups -OCH3 is 1. The van der Waals surface area contributed by atoms with Gasteiger partial charge in [-0.1, -0.05) is 6.07 Å². The summed E-state index contributed by atoms with van der Waals surface area (Å²) in [5.41, 5.74) is 7.19. The Hall–Kier alpha value is -0.670. The number of ether oxygens (including phenoxy) is 1. The molecule has 2 N–H and O–H groups in total. The van der Waals surface area contributed by atoms with E-state index in [1.807, 2.05) is 17.8 Å². The van der Waals surface area contributed by atoms with Gasteiger partial charge >= 0.3 is 0 Å². The lowest BCUT2D eigenvalue weighted by Gasteiger charge is -2.10. The van der Waals surface area contributed by atoms with Gasteiger partial charge in [0.1, 0.15) is 5.75 Å². The van der Waals surface area contributed by atoms with Gasteiger partial charge < -0.3 is 10.5 Å². The highest BCUT2D eigenvalue weighted by molar-refractivity contribution is 8.00. The van der Waals surface area contributed by atoms with Crippen molar-refractivity contribution in [3.8, 4) is 5.75 Å². The van der Waals surface area contributed by atoms with E-state index in [1.54, 1.807) is 7.11 Å². The second-order valence-corrected chi connectivity index (χ2v) is 5.44. The molecule has 1 heterocycles. The molecule has 0 bridgehead atoms. The van der Waals surface area contributed by atoms with Gasteiger partial charge in [-0.3, -0.25) is 0 Å². The van der Waals surface area contributed by atoms with Gasteiger partial charge in [-0.05, 0) is 31.9 Å². The van der Waals surface area contributed by atoms with Crippen LogP contribution in [-0.2, 0) is 6.42 Å². The second kappa shape index (κ2) is 4.45. The fraction of sp³-hybridized carbons (Fsp3) is 0.500. The number of fused-ring (bicyclic) bond motifs is 1. The number of benzene rings is 1. The summed E-state index contributed by atoms with van der Waals surface area (Å²) in [6.45, 7) is 2.07. The summed E-state index contributed by atoms with van der Waals surface area (Å²) in [6, 6.07) is 6.54. The van der Waals surface area contributed by atoms with E-state index in [0.717, 1.165) is 18.6 Å². The average Bonchev–Trinajstić information content (AvgIpc) is 2.58. The van der Waals surface area contributed by atoms with E-state index in [0.29, 0.717) is 5.25 Å². The standard InChI is InChI=1S/C12H17NOS/c1-8(13)6-9-7-10-11(14-2)4-3-5-12(10)15-9/h3-5,8-9H,6-7,13H2,1-2H3. The minimum absolute atomic E-state index is 0.280. The van der Waals surface area contributed by atoms with Gasteiger partial charge in [0.25, 0.3) is 0 Å². The van der Waals surface area contributed by atoms with Gasteiger partial charge in [0.15, 0.2) is 0 Å². The van der Waals surface area contributed by atoms with Crippen molar-refractivity contribution in [1.29, 1.82) is 0 Å². The fourth-order valence-corrected chi connectivity index (χ4v) is 3.54. The fourth-order valence-electron chi connectivity index (χ4n) is 2.04. The Morgan fingerprint density at radius 3 is 3.07 bits per heavy atom. The van der Waals surface area contributed by atoms with Gasteiger partial charge in [0, 0.05) is 21.8 Å². The van der Waals surface area contributed by atoms with Gasteiger partial charge in [-0.15, -0.1) is 11.8 Å². The van der Waals surface area contributed by atoms with E-state index in [1.165, 1.54) is 10.5 Å². The molecule has 0 aliphatic carbocycles. The van der Waals surface area contributed by atoms with Crippen LogP contribution in [-0.4, -0.2) is 18.4 Å². The van der Waals surface area contributed by atoms with Gasteiger partial charge in [-0.2, -0.15) is 0 Å². The van der Waals surface area contributed by atoms with Crippen LogP contribution in [0.25, 0.3) is 0 Å². The molecule has 1 aliphatic heterocycles. The topological polar surface area (TPSA) is 35.2 Å². The molecule has 2 nitrogen and oxygen atoms in total. The summed E-state index contributed by atoms with van der Waals surface area (Å²) in [5.74, 6) is 1.02. The Morgan fingerprint density at radius 1 is 1.60 bits per heavy atom. The molecule has 3 heteroatoms. The number of thioether (sulfide) groups is 1. The number of rotatable bonds is 3. The number of nitrogens with two attached hydrogens (primary N) is 1. The van der Waals surface area contributed by atoms with Crippen molar-refractivity contribution >= 4 is 11.8 Å². The molecule has 1 aromatic carbocycles. The number of hydrogen-bond acceptors (Lipinski definition) is 3. The predicted molar refractivity (Wildman–Crippen MR) is 64.6 cm³/mol. The smallest absolute Gasteiger partial charge is 0.123 e. The first-order chi connectivity index (χ1) is 7.20. The molecule has 82 valence electrons. The van der Waals surface area contributed by atoms with Crippen LogP contribution in [0.3, 0.4) is 0 Å². The predicted octanol–water partition coefficient (Wildman–Crippen LogP) is 2.45. The average molecular weight is 223 g/mol. The van der Waals surface area contributed by atoms with Gasteiger partial charge in [0.05, 0.1) is 7.11 Å². The van der Waals surface area contributed by atoms with Crippen molar-refractivity contribution in [2.45, 2.75) is 36.0 Å². The van der Waals surface area contributed by atoms with E-state index in [9.17, 15) is 0 Å². The molecule has 1 aromatic rings. The lowest BCUT2D eigenvalue weighted by Crippen LogP contribution is -2.20. The minimum Gasteiger partial charge on any atom is -0.496 e. The molecule has 15 heavy (non-hydrogen) atoms. The monoisotopic (exact) mass is 223 g/mol. The molecule has 0 saturated heterocycles. The Labute approximate surface area is 95.2 Å². The molecular weight excluding hydrogens is 206 g/mol. The minimum atomic E-state index is 0.280. The lowest BCUT2D eigenvalue weighted by atomic mass is 10.0. The molecule has 0 radical (unpaired) electrons. The van der Waals surface area contributed by atoms with E-state index in [2.05, 4.69) is 19.1 Å². The van der Waals surface area contributed by atoms with Crippen LogP contribution in [0.5, 0.6) is 5.75 Å². The maximum atomic E-state index is 5.83. The van der Waals surface area contributed by atoms with Crippen LogP contribution in [0.4, 0.5) is 0 Å². The lowest BCUT2D eigenvalue weighted by molar-refractivity contribution is 0.408. The molecular formula is C12H17NOS. The normalized spacial score (nSPS) is 21.1. The highest BCUT2D eigenvalue weighted by atomic mass is 32.2. The van der Waals surface area contributed by atoms with Crippen LogP contribution in [0.1, 0.15) is 18.9 Å². The molecule has 2 atom stereocenters. The van der Waals surface area contributed by atoms with Gasteiger partial charge in [-0.25, -0.2) is 0 Å². The zero-order chi connectivity index (χ0) is 10.8. The Kier molecular flexibility index (Phi) is 3.22. The third-order valence-corrected chi connectivity index (χ3v) is 4.00. The Bertz CT molecular complexity index is 351. The van der Waals surface area contributed by atoms with E-state index in [-0.39, 0.29) is 6.04 Å². The molecule has 2 unspecified atom stereocenters. The molecule has 0 spiro atoms. The summed E-state index contributed by atoms with van der Waals surface area (Å²) in [7, 11) is 1.74. The van der Waals surface area contributed by atoms with E-state index < -0.39 is 0 Å². The van der Waals surface area contributed by atoms with Crippen LogP contribution in [0.2, 0.25) is 0 Å². The van der Waals surface area contributed by atoms with E-state index >= 15 is 0 Å². The first-order valence-corrected chi connectivity index (χ1v) is 6.16. The molecule has 0 fully saturated rings. The van der Waals surface area contributed by atoms with Crippen molar-refractivity contribution in [1.82, 2.24) is 0 Å².